The number of anilines is 1. The van der Waals surface area contributed by atoms with Crippen molar-refractivity contribution in [3.8, 4) is 5.88 Å². The molecule has 0 aromatic carbocycles. The second-order valence-electron chi connectivity index (χ2n) is 8.74. The predicted molar refractivity (Wildman–Crippen MR) is 111 cm³/mol. The molecule has 0 spiro atoms. The summed E-state index contributed by atoms with van der Waals surface area (Å²) in [5.74, 6) is -1.49. The summed E-state index contributed by atoms with van der Waals surface area (Å²) in [4.78, 5) is 46.2. The molecule has 0 bridgehead atoms. The maximum atomic E-state index is 13.0. The molecular weight excluding hydrogens is 402 g/mol. The zero-order valence-corrected chi connectivity index (χ0v) is 17.4. The fraction of sp³-hybridized carbons (Fsp3) is 0.400. The Hall–Kier alpha value is -3.76. The second-order valence-corrected chi connectivity index (χ2v) is 8.74. The number of amides is 2. The average Bonchev–Trinajstić information content (AvgIpc) is 3.38. The van der Waals surface area contributed by atoms with E-state index in [0.29, 0.717) is 0 Å². The van der Waals surface area contributed by atoms with Crippen molar-refractivity contribution in [2.75, 3.05) is 5.32 Å². The van der Waals surface area contributed by atoms with Crippen LogP contribution in [0.15, 0.2) is 29.5 Å². The highest BCUT2D eigenvalue weighted by molar-refractivity contribution is 6.03. The molecule has 31 heavy (non-hydrogen) atoms. The van der Waals surface area contributed by atoms with Gasteiger partial charge in [-0.3, -0.25) is 23.9 Å². The van der Waals surface area contributed by atoms with Gasteiger partial charge in [0.25, 0.3) is 17.4 Å². The van der Waals surface area contributed by atoms with Crippen LogP contribution in [0, 0.1) is 5.41 Å². The van der Waals surface area contributed by atoms with Gasteiger partial charge in [-0.25, -0.2) is 4.98 Å². The molecule has 1 fully saturated rings. The van der Waals surface area contributed by atoms with Gasteiger partial charge in [0.05, 0.1) is 6.20 Å². The molecule has 3 N–H and O–H groups in total. The van der Waals surface area contributed by atoms with Crippen LogP contribution in [0.3, 0.4) is 0 Å². The number of aromatic nitrogens is 5. The van der Waals surface area contributed by atoms with E-state index in [4.69, 9.17) is 0 Å². The Morgan fingerprint density at radius 3 is 2.58 bits per heavy atom. The number of rotatable bonds is 5. The van der Waals surface area contributed by atoms with Gasteiger partial charge in [-0.1, -0.05) is 20.8 Å². The topological polar surface area (TPSA) is 144 Å². The Labute approximate surface area is 177 Å². The molecule has 1 saturated carbocycles. The van der Waals surface area contributed by atoms with Crippen molar-refractivity contribution in [3.05, 3.63) is 46.3 Å². The Bertz CT molecular complexity index is 1220. The van der Waals surface area contributed by atoms with Crippen LogP contribution in [0.1, 0.15) is 54.5 Å². The van der Waals surface area contributed by atoms with E-state index >= 15 is 0 Å². The summed E-state index contributed by atoms with van der Waals surface area (Å²) in [6.07, 6.45) is 5.93. The normalized spacial score (nSPS) is 13.9. The Morgan fingerprint density at radius 1 is 1.23 bits per heavy atom. The van der Waals surface area contributed by atoms with Crippen LogP contribution in [0.4, 0.5) is 5.82 Å². The molecule has 0 unspecified atom stereocenters. The lowest BCUT2D eigenvalue weighted by Gasteiger charge is -2.23. The van der Waals surface area contributed by atoms with E-state index in [-0.39, 0.29) is 35.2 Å². The van der Waals surface area contributed by atoms with Crippen molar-refractivity contribution in [2.24, 2.45) is 5.41 Å². The lowest BCUT2D eigenvalue weighted by molar-refractivity contribution is 0.0943. The standard InChI is InChI=1S/C20H23N7O4/c1-20(2,3)10-26-14-8-12(16(28)24-13-9-21-6-7-22-13)25-27(14)19(31)15(18(26)30)17(29)23-11-4-5-11/h6-9,11,30H,4-5,10H2,1-3H3,(H,23,29)(H,22,24,28). The molecule has 11 nitrogen and oxygen atoms in total. The fourth-order valence-corrected chi connectivity index (χ4v) is 3.13. The molecule has 0 aliphatic heterocycles. The van der Waals surface area contributed by atoms with Crippen LogP contribution < -0.4 is 16.2 Å². The smallest absolute Gasteiger partial charge is 0.291 e. The van der Waals surface area contributed by atoms with Crippen LogP contribution in [0.2, 0.25) is 0 Å². The first-order valence-electron chi connectivity index (χ1n) is 9.88. The summed E-state index contributed by atoms with van der Waals surface area (Å²) in [6.45, 7) is 6.12. The minimum atomic E-state index is -0.797. The highest BCUT2D eigenvalue weighted by Gasteiger charge is 2.30. The highest BCUT2D eigenvalue weighted by atomic mass is 16.3. The van der Waals surface area contributed by atoms with Gasteiger partial charge in [0.15, 0.2) is 17.1 Å². The molecule has 0 saturated heterocycles. The lowest BCUT2D eigenvalue weighted by atomic mass is 9.96. The van der Waals surface area contributed by atoms with E-state index in [9.17, 15) is 19.5 Å². The van der Waals surface area contributed by atoms with Gasteiger partial charge < -0.3 is 15.7 Å². The molecule has 3 aromatic rings. The SMILES string of the molecule is CC(C)(C)Cn1c(O)c(C(=O)NC2CC2)c(=O)n2nc(C(=O)Nc3cnccn3)cc12. The Morgan fingerprint density at radius 2 is 1.97 bits per heavy atom. The molecule has 3 heterocycles. The van der Waals surface area contributed by atoms with E-state index in [1.807, 2.05) is 20.8 Å². The van der Waals surface area contributed by atoms with Crippen molar-refractivity contribution in [2.45, 2.75) is 46.2 Å². The van der Waals surface area contributed by atoms with Crippen molar-refractivity contribution in [3.63, 3.8) is 0 Å². The summed E-state index contributed by atoms with van der Waals surface area (Å²) < 4.78 is 2.40. The average molecular weight is 425 g/mol. The molecule has 2 amide bonds. The Balaban J connectivity index is 1.82. The maximum Gasteiger partial charge on any atom is 0.291 e. The largest absolute Gasteiger partial charge is 0.494 e. The Kier molecular flexibility index (Phi) is 4.96. The zero-order chi connectivity index (χ0) is 22.3. The summed E-state index contributed by atoms with van der Waals surface area (Å²) in [7, 11) is 0. The van der Waals surface area contributed by atoms with Crippen LogP contribution in [-0.2, 0) is 6.54 Å². The number of hydrogen-bond acceptors (Lipinski definition) is 7. The minimum absolute atomic E-state index is 0.00371. The third-order valence-electron chi connectivity index (χ3n) is 4.66. The summed E-state index contributed by atoms with van der Waals surface area (Å²) in [5, 5.41) is 20.2. The number of carbonyl (C=O) groups is 2. The molecule has 1 aliphatic rings. The van der Waals surface area contributed by atoms with E-state index in [0.717, 1.165) is 17.4 Å². The van der Waals surface area contributed by atoms with Crippen molar-refractivity contribution < 1.29 is 14.7 Å². The molecule has 4 rings (SSSR count). The molecular formula is C20H23N7O4. The maximum absolute atomic E-state index is 13.0. The van der Waals surface area contributed by atoms with Crippen molar-refractivity contribution >= 4 is 23.3 Å². The molecule has 0 radical (unpaired) electrons. The van der Waals surface area contributed by atoms with Gasteiger partial charge in [0.1, 0.15) is 5.65 Å². The first kappa shape index (κ1) is 20.5. The molecule has 1 aliphatic carbocycles. The number of hydrogen-bond donors (Lipinski definition) is 3. The van der Waals surface area contributed by atoms with Gasteiger partial charge in [-0.05, 0) is 18.3 Å². The number of nitrogens with zero attached hydrogens (tertiary/aromatic N) is 5. The third kappa shape index (κ3) is 4.25. The molecule has 11 heteroatoms. The predicted octanol–water partition coefficient (Wildman–Crippen LogP) is 1.18. The van der Waals surface area contributed by atoms with Crippen LogP contribution in [-0.4, -0.2) is 47.1 Å². The van der Waals surface area contributed by atoms with Gasteiger partial charge >= 0.3 is 0 Å². The van der Waals surface area contributed by atoms with Gasteiger partial charge in [-0.2, -0.15) is 9.61 Å². The second kappa shape index (κ2) is 7.49. The van der Waals surface area contributed by atoms with Crippen molar-refractivity contribution in [1.29, 1.82) is 0 Å². The van der Waals surface area contributed by atoms with E-state index in [1.54, 1.807) is 0 Å². The first-order chi connectivity index (χ1) is 14.6. The number of carbonyl (C=O) groups excluding carboxylic acids is 2. The minimum Gasteiger partial charge on any atom is -0.494 e. The number of fused-ring (bicyclic) bond motifs is 1. The van der Waals surface area contributed by atoms with E-state index < -0.39 is 28.8 Å². The monoisotopic (exact) mass is 425 g/mol. The van der Waals surface area contributed by atoms with E-state index in [1.165, 1.54) is 29.2 Å². The summed E-state index contributed by atoms with van der Waals surface area (Å²) in [5.41, 5.74) is -1.36. The highest BCUT2D eigenvalue weighted by Crippen LogP contribution is 2.26. The number of nitrogens with one attached hydrogen (secondary N) is 2. The molecule has 162 valence electrons. The quantitative estimate of drug-likeness (QED) is 0.557. The van der Waals surface area contributed by atoms with Gasteiger partial charge in [0, 0.05) is 31.0 Å². The van der Waals surface area contributed by atoms with Crippen LogP contribution in [0.25, 0.3) is 5.65 Å². The van der Waals surface area contributed by atoms with E-state index in [2.05, 4.69) is 25.7 Å². The zero-order valence-electron chi connectivity index (χ0n) is 17.4. The first-order valence-corrected chi connectivity index (χ1v) is 9.88. The summed E-state index contributed by atoms with van der Waals surface area (Å²) in [6, 6.07) is 1.39. The molecule has 0 atom stereocenters. The third-order valence-corrected chi connectivity index (χ3v) is 4.66. The van der Waals surface area contributed by atoms with Crippen LogP contribution in [0.5, 0.6) is 5.88 Å². The van der Waals surface area contributed by atoms with Gasteiger partial charge in [0.2, 0.25) is 5.88 Å². The van der Waals surface area contributed by atoms with Crippen molar-refractivity contribution in [1.82, 2.24) is 29.5 Å². The lowest BCUT2D eigenvalue weighted by Crippen LogP contribution is -2.35. The van der Waals surface area contributed by atoms with Gasteiger partial charge in [-0.15, -0.1) is 0 Å². The molecule has 3 aromatic heterocycles. The fourth-order valence-electron chi connectivity index (χ4n) is 3.13. The van der Waals surface area contributed by atoms with Crippen LogP contribution >= 0.6 is 0 Å². The number of aromatic hydroxyl groups is 1. The summed E-state index contributed by atoms with van der Waals surface area (Å²) >= 11 is 0.